The molecule has 0 radical (unpaired) electrons. The van der Waals surface area contributed by atoms with E-state index in [-0.39, 0.29) is 21.7 Å². The summed E-state index contributed by atoms with van der Waals surface area (Å²) in [6.07, 6.45) is 13.7. The smallest absolute Gasteiger partial charge is 0.126 e. The van der Waals surface area contributed by atoms with Gasteiger partial charge in [0.05, 0.1) is 0 Å². The molecule has 0 bridgehead atoms. The van der Waals surface area contributed by atoms with Crippen molar-refractivity contribution in [2.45, 2.75) is 130 Å². The molecule has 1 saturated carbocycles. The molecule has 1 aliphatic rings. The molecule has 1 fully saturated rings. The normalized spacial score (nSPS) is 19.6. The summed E-state index contributed by atoms with van der Waals surface area (Å²) in [6.45, 7) is 26.4. The van der Waals surface area contributed by atoms with Crippen molar-refractivity contribution in [2.75, 3.05) is 0 Å². The Morgan fingerprint density at radius 3 is 1.12 bits per heavy atom. The molecule has 0 unspecified atom stereocenters. The zero-order valence-corrected chi connectivity index (χ0v) is 27.5. The largest absolute Gasteiger partial charge is 0.507 e. The highest BCUT2D eigenvalue weighted by atomic mass is 16.3. The van der Waals surface area contributed by atoms with E-state index in [1.165, 1.54) is 24.0 Å². The monoisotopic (exact) mass is 544 g/mol. The zero-order chi connectivity index (χ0) is 30.3. The lowest BCUT2D eigenvalue weighted by Crippen LogP contribution is -2.18. The molecule has 2 N–H and O–H groups in total. The summed E-state index contributed by atoms with van der Waals surface area (Å²) in [5, 5.41) is 22.6. The molecule has 1 aliphatic carbocycles. The first-order chi connectivity index (χ1) is 18.2. The SMILES string of the molecule is CC(C)(C)c1cc(C=C[C@@H]2CCCC[C@H]2C=Cc2cc(C(C)(C)C)cc(C(C)(C)C)c2O)c(O)c(C(C)(C)C)c1. The Kier molecular flexibility index (Phi) is 9.15. The Hall–Kier alpha value is -2.48. The van der Waals surface area contributed by atoms with Crippen LogP contribution in [0.4, 0.5) is 0 Å². The van der Waals surface area contributed by atoms with Crippen molar-refractivity contribution >= 4 is 12.2 Å². The third kappa shape index (κ3) is 7.62. The molecule has 0 aliphatic heterocycles. The number of aromatic hydroxyl groups is 2. The Labute approximate surface area is 245 Å². The molecule has 3 rings (SSSR count). The summed E-state index contributed by atoms with van der Waals surface area (Å²) in [5.41, 5.74) is 6.06. The van der Waals surface area contributed by atoms with Crippen LogP contribution in [0.15, 0.2) is 36.4 Å². The van der Waals surface area contributed by atoms with Crippen molar-refractivity contribution < 1.29 is 10.2 Å². The van der Waals surface area contributed by atoms with Crippen LogP contribution in [-0.4, -0.2) is 10.2 Å². The fraction of sp³-hybridized carbons (Fsp3) is 0.579. The van der Waals surface area contributed by atoms with Crippen LogP contribution in [0.1, 0.15) is 142 Å². The predicted molar refractivity (Wildman–Crippen MR) is 175 cm³/mol. The van der Waals surface area contributed by atoms with E-state index in [9.17, 15) is 10.2 Å². The average molecular weight is 545 g/mol. The molecule has 2 heteroatoms. The highest BCUT2D eigenvalue weighted by Crippen LogP contribution is 2.41. The van der Waals surface area contributed by atoms with E-state index in [4.69, 9.17) is 0 Å². The fourth-order valence-corrected chi connectivity index (χ4v) is 5.70. The van der Waals surface area contributed by atoms with Crippen LogP contribution in [0, 0.1) is 11.8 Å². The molecule has 0 saturated heterocycles. The molecule has 2 nitrogen and oxygen atoms in total. The van der Waals surface area contributed by atoms with Crippen LogP contribution in [0.25, 0.3) is 12.2 Å². The molecule has 0 heterocycles. The van der Waals surface area contributed by atoms with Crippen molar-refractivity contribution in [1.82, 2.24) is 0 Å². The molecule has 2 aromatic rings. The lowest BCUT2D eigenvalue weighted by molar-refractivity contribution is 0.339. The van der Waals surface area contributed by atoms with Crippen LogP contribution in [0.5, 0.6) is 11.5 Å². The maximum Gasteiger partial charge on any atom is 0.126 e. The number of phenols is 2. The average Bonchev–Trinajstić information content (AvgIpc) is 2.80. The second-order valence-electron chi connectivity index (χ2n) is 16.3. The summed E-state index contributed by atoms with van der Waals surface area (Å²) in [6, 6.07) is 8.70. The number of rotatable bonds is 4. The van der Waals surface area contributed by atoms with Crippen molar-refractivity contribution in [3.63, 3.8) is 0 Å². The summed E-state index contributed by atoms with van der Waals surface area (Å²) in [7, 11) is 0. The van der Waals surface area contributed by atoms with E-state index < -0.39 is 0 Å². The van der Waals surface area contributed by atoms with Gasteiger partial charge in [-0.25, -0.2) is 0 Å². The minimum atomic E-state index is -0.139. The Balaban J connectivity index is 2.00. The number of allylic oxidation sites excluding steroid dienone is 2. The van der Waals surface area contributed by atoms with Crippen LogP contribution in [0.2, 0.25) is 0 Å². The van der Waals surface area contributed by atoms with Gasteiger partial charge in [0.2, 0.25) is 0 Å². The summed E-state index contributed by atoms with van der Waals surface area (Å²) < 4.78 is 0. The van der Waals surface area contributed by atoms with Crippen LogP contribution in [0.3, 0.4) is 0 Å². The third-order valence-electron chi connectivity index (χ3n) is 8.55. The fourth-order valence-electron chi connectivity index (χ4n) is 5.70. The Morgan fingerprint density at radius 2 is 0.850 bits per heavy atom. The van der Waals surface area contributed by atoms with E-state index in [1.54, 1.807) is 0 Å². The molecular formula is C38H56O2. The maximum atomic E-state index is 11.3. The first kappa shape index (κ1) is 32.0. The molecule has 220 valence electrons. The van der Waals surface area contributed by atoms with Gasteiger partial charge in [-0.1, -0.05) is 132 Å². The minimum absolute atomic E-state index is 0.00189. The highest BCUT2D eigenvalue weighted by Gasteiger charge is 2.27. The molecular weight excluding hydrogens is 488 g/mol. The lowest BCUT2D eigenvalue weighted by atomic mass is 9.76. The van der Waals surface area contributed by atoms with Crippen LogP contribution in [-0.2, 0) is 21.7 Å². The molecule has 0 spiro atoms. The Morgan fingerprint density at radius 1 is 0.525 bits per heavy atom. The second kappa shape index (κ2) is 11.4. The standard InChI is InChI=1S/C38H56O2/c1-35(2,3)29-21-27(33(39)31(23-29)37(7,8)9)19-17-25-15-13-14-16-26(25)18-20-28-22-30(36(4,5)6)24-32(34(28)40)38(10,11)12/h17-26,39-40H,13-16H2,1-12H3/t25-,26-/m0/s1. The highest BCUT2D eigenvalue weighted by molar-refractivity contribution is 5.64. The summed E-state index contributed by atoms with van der Waals surface area (Å²) >= 11 is 0. The molecule has 2 aromatic carbocycles. The van der Waals surface area contributed by atoms with Gasteiger partial charge in [0.25, 0.3) is 0 Å². The van der Waals surface area contributed by atoms with Crippen molar-refractivity contribution in [3.8, 4) is 11.5 Å². The van der Waals surface area contributed by atoms with Gasteiger partial charge in [0.15, 0.2) is 0 Å². The number of hydrogen-bond donors (Lipinski definition) is 2. The van der Waals surface area contributed by atoms with Crippen LogP contribution < -0.4 is 0 Å². The first-order valence-electron chi connectivity index (χ1n) is 15.3. The Bertz CT molecular complexity index is 1150. The van der Waals surface area contributed by atoms with Gasteiger partial charge in [-0.05, 0) is 69.6 Å². The third-order valence-corrected chi connectivity index (χ3v) is 8.55. The second-order valence-corrected chi connectivity index (χ2v) is 16.3. The van der Waals surface area contributed by atoms with Gasteiger partial charge in [0.1, 0.15) is 11.5 Å². The van der Waals surface area contributed by atoms with Gasteiger partial charge < -0.3 is 10.2 Å². The lowest BCUT2D eigenvalue weighted by Gasteiger charge is -2.29. The van der Waals surface area contributed by atoms with Crippen LogP contribution >= 0.6 is 0 Å². The van der Waals surface area contributed by atoms with Gasteiger partial charge >= 0.3 is 0 Å². The number of phenolic OH excluding ortho intramolecular Hbond substituents is 2. The van der Waals surface area contributed by atoms with E-state index >= 15 is 0 Å². The van der Waals surface area contributed by atoms with Crippen molar-refractivity contribution in [2.24, 2.45) is 11.8 Å². The van der Waals surface area contributed by atoms with Gasteiger partial charge in [0, 0.05) is 22.3 Å². The van der Waals surface area contributed by atoms with E-state index in [0.717, 1.165) is 35.1 Å². The number of hydrogen-bond acceptors (Lipinski definition) is 2. The maximum absolute atomic E-state index is 11.3. The van der Waals surface area contributed by atoms with E-state index in [1.807, 2.05) is 0 Å². The minimum Gasteiger partial charge on any atom is -0.507 e. The number of benzene rings is 2. The van der Waals surface area contributed by atoms with Gasteiger partial charge in [-0.2, -0.15) is 0 Å². The van der Waals surface area contributed by atoms with E-state index in [0.29, 0.717) is 23.3 Å². The van der Waals surface area contributed by atoms with Gasteiger partial charge in [-0.15, -0.1) is 0 Å². The summed E-state index contributed by atoms with van der Waals surface area (Å²) in [5.74, 6) is 1.60. The molecule has 40 heavy (non-hydrogen) atoms. The topological polar surface area (TPSA) is 40.5 Å². The van der Waals surface area contributed by atoms with Crippen molar-refractivity contribution in [1.29, 1.82) is 0 Å². The predicted octanol–water partition coefficient (Wildman–Crippen LogP) is 10.8. The summed E-state index contributed by atoms with van der Waals surface area (Å²) in [4.78, 5) is 0. The quantitative estimate of drug-likeness (QED) is 0.402. The molecule has 0 aromatic heterocycles. The molecule has 0 amide bonds. The van der Waals surface area contributed by atoms with Gasteiger partial charge in [-0.3, -0.25) is 0 Å². The first-order valence-corrected chi connectivity index (χ1v) is 15.3. The van der Waals surface area contributed by atoms with E-state index in [2.05, 4.69) is 132 Å². The van der Waals surface area contributed by atoms with Crippen molar-refractivity contribution in [3.05, 3.63) is 69.8 Å². The zero-order valence-electron chi connectivity index (χ0n) is 27.5. The molecule has 2 atom stereocenters.